The van der Waals surface area contributed by atoms with Crippen molar-refractivity contribution in [1.82, 2.24) is 4.90 Å². The highest BCUT2D eigenvalue weighted by Gasteiger charge is 2.37. The highest BCUT2D eigenvalue weighted by Crippen LogP contribution is 2.28. The maximum absolute atomic E-state index is 6.00. The van der Waals surface area contributed by atoms with E-state index in [-0.39, 0.29) is 11.8 Å². The van der Waals surface area contributed by atoms with Gasteiger partial charge in [-0.05, 0) is 13.8 Å². The van der Waals surface area contributed by atoms with Crippen molar-refractivity contribution in [2.75, 3.05) is 38.8 Å². The van der Waals surface area contributed by atoms with Crippen LogP contribution in [-0.2, 0) is 9.47 Å². The zero-order valence-corrected chi connectivity index (χ0v) is 12.3. The number of ether oxygens (including phenoxy) is 2. The van der Waals surface area contributed by atoms with Gasteiger partial charge in [-0.1, -0.05) is 0 Å². The van der Waals surface area contributed by atoms with E-state index in [9.17, 15) is 0 Å². The standard InChI is InChI=1S/C12H26N2O2S/c1-10-8-17-6-5-14(10)12(2,9-13)7-11(15-3)16-4/h10-11H,5-9,13H2,1-4H3. The van der Waals surface area contributed by atoms with Crippen LogP contribution in [-0.4, -0.2) is 61.6 Å². The van der Waals surface area contributed by atoms with Crippen LogP contribution in [0.5, 0.6) is 0 Å². The third kappa shape index (κ3) is 3.83. The first-order valence-electron chi connectivity index (χ1n) is 6.17. The first-order chi connectivity index (χ1) is 8.07. The molecule has 1 heterocycles. The lowest BCUT2D eigenvalue weighted by atomic mass is 9.93. The normalized spacial score (nSPS) is 26.1. The van der Waals surface area contributed by atoms with E-state index in [0.29, 0.717) is 12.6 Å². The molecule has 0 spiro atoms. The molecule has 0 radical (unpaired) electrons. The average molecular weight is 262 g/mol. The maximum Gasteiger partial charge on any atom is 0.158 e. The molecule has 0 aromatic heterocycles. The van der Waals surface area contributed by atoms with E-state index in [2.05, 4.69) is 18.7 Å². The number of nitrogens with two attached hydrogens (primary N) is 1. The van der Waals surface area contributed by atoms with Crippen molar-refractivity contribution in [3.63, 3.8) is 0 Å². The van der Waals surface area contributed by atoms with E-state index in [4.69, 9.17) is 15.2 Å². The summed E-state index contributed by atoms with van der Waals surface area (Å²) in [6, 6.07) is 0.566. The Bertz CT molecular complexity index is 227. The summed E-state index contributed by atoms with van der Waals surface area (Å²) < 4.78 is 10.6. The summed E-state index contributed by atoms with van der Waals surface area (Å²) in [5.74, 6) is 2.37. The number of rotatable bonds is 6. The van der Waals surface area contributed by atoms with E-state index in [1.54, 1.807) is 14.2 Å². The summed E-state index contributed by atoms with van der Waals surface area (Å²) in [4.78, 5) is 2.51. The summed E-state index contributed by atoms with van der Waals surface area (Å²) in [6.45, 7) is 6.21. The summed E-state index contributed by atoms with van der Waals surface area (Å²) in [5, 5.41) is 0. The fourth-order valence-electron chi connectivity index (χ4n) is 2.47. The topological polar surface area (TPSA) is 47.7 Å². The first-order valence-corrected chi connectivity index (χ1v) is 7.33. The number of methoxy groups -OCH3 is 2. The van der Waals surface area contributed by atoms with E-state index in [0.717, 1.165) is 13.0 Å². The van der Waals surface area contributed by atoms with Crippen LogP contribution in [0.2, 0.25) is 0 Å². The Labute approximate surface area is 109 Å². The van der Waals surface area contributed by atoms with Crippen LogP contribution < -0.4 is 5.73 Å². The van der Waals surface area contributed by atoms with Gasteiger partial charge in [0.05, 0.1) is 0 Å². The first kappa shape index (κ1) is 15.2. The average Bonchev–Trinajstić information content (AvgIpc) is 2.36. The molecule has 2 N–H and O–H groups in total. The Morgan fingerprint density at radius 1 is 1.47 bits per heavy atom. The maximum atomic E-state index is 6.00. The molecule has 2 unspecified atom stereocenters. The molecular formula is C12H26N2O2S. The molecule has 5 heteroatoms. The number of nitrogens with zero attached hydrogens (tertiary/aromatic N) is 1. The van der Waals surface area contributed by atoms with Gasteiger partial charge in [0.2, 0.25) is 0 Å². The molecule has 1 fully saturated rings. The molecule has 17 heavy (non-hydrogen) atoms. The molecule has 4 nitrogen and oxygen atoms in total. The lowest BCUT2D eigenvalue weighted by Gasteiger charge is -2.47. The molecule has 0 aliphatic carbocycles. The Morgan fingerprint density at radius 3 is 2.59 bits per heavy atom. The lowest BCUT2D eigenvalue weighted by molar-refractivity contribution is -0.130. The molecule has 1 aliphatic rings. The molecule has 102 valence electrons. The molecule has 2 atom stereocenters. The van der Waals surface area contributed by atoms with Crippen LogP contribution in [0.15, 0.2) is 0 Å². The predicted molar refractivity (Wildman–Crippen MR) is 73.4 cm³/mol. The molecule has 0 aromatic carbocycles. The molecule has 0 saturated carbocycles. The highest BCUT2D eigenvalue weighted by molar-refractivity contribution is 7.99. The van der Waals surface area contributed by atoms with Gasteiger partial charge < -0.3 is 15.2 Å². The van der Waals surface area contributed by atoms with Crippen molar-refractivity contribution < 1.29 is 9.47 Å². The van der Waals surface area contributed by atoms with Crippen LogP contribution in [0.4, 0.5) is 0 Å². The minimum absolute atomic E-state index is 0.0446. The molecule has 0 amide bonds. The summed E-state index contributed by atoms with van der Waals surface area (Å²) in [7, 11) is 3.36. The van der Waals surface area contributed by atoms with Crippen LogP contribution in [0.3, 0.4) is 0 Å². The lowest BCUT2D eigenvalue weighted by Crippen LogP contribution is -2.59. The zero-order chi connectivity index (χ0) is 12.9. The molecule has 1 saturated heterocycles. The van der Waals surface area contributed by atoms with E-state index < -0.39 is 0 Å². The third-order valence-corrected chi connectivity index (χ3v) is 4.82. The van der Waals surface area contributed by atoms with Crippen molar-refractivity contribution >= 4 is 11.8 Å². The van der Waals surface area contributed by atoms with Crippen LogP contribution in [0.1, 0.15) is 20.3 Å². The minimum Gasteiger partial charge on any atom is -0.356 e. The van der Waals surface area contributed by atoms with Gasteiger partial charge in [0.15, 0.2) is 6.29 Å². The Morgan fingerprint density at radius 2 is 2.12 bits per heavy atom. The van der Waals surface area contributed by atoms with Crippen molar-refractivity contribution in [2.45, 2.75) is 38.1 Å². The van der Waals surface area contributed by atoms with Crippen molar-refractivity contribution in [1.29, 1.82) is 0 Å². The second-order valence-corrected chi connectivity index (χ2v) is 6.07. The Kier molecular flexibility index (Phi) is 6.23. The summed E-state index contributed by atoms with van der Waals surface area (Å²) in [6.07, 6.45) is 0.635. The van der Waals surface area contributed by atoms with E-state index in [1.165, 1.54) is 11.5 Å². The van der Waals surface area contributed by atoms with Crippen LogP contribution in [0, 0.1) is 0 Å². The van der Waals surface area contributed by atoms with Gasteiger partial charge in [-0.2, -0.15) is 11.8 Å². The fourth-order valence-corrected chi connectivity index (χ4v) is 3.48. The predicted octanol–water partition coefficient (Wildman–Crippen LogP) is 1.15. The molecular weight excluding hydrogens is 236 g/mol. The Hall–Kier alpha value is 0.190. The zero-order valence-electron chi connectivity index (χ0n) is 11.4. The molecule has 1 rings (SSSR count). The van der Waals surface area contributed by atoms with Crippen molar-refractivity contribution in [3.05, 3.63) is 0 Å². The molecule has 0 bridgehead atoms. The van der Waals surface area contributed by atoms with Crippen LogP contribution >= 0.6 is 11.8 Å². The second kappa shape index (κ2) is 6.95. The SMILES string of the molecule is COC(CC(C)(CN)N1CCSCC1C)OC. The highest BCUT2D eigenvalue weighted by atomic mass is 32.2. The molecule has 0 aromatic rings. The van der Waals surface area contributed by atoms with Crippen molar-refractivity contribution in [3.8, 4) is 0 Å². The van der Waals surface area contributed by atoms with Gasteiger partial charge in [0, 0.05) is 56.8 Å². The quantitative estimate of drug-likeness (QED) is 0.728. The van der Waals surface area contributed by atoms with Gasteiger partial charge in [-0.3, -0.25) is 4.90 Å². The minimum atomic E-state index is -0.176. The largest absolute Gasteiger partial charge is 0.356 e. The molecule has 1 aliphatic heterocycles. The van der Waals surface area contributed by atoms with Gasteiger partial charge >= 0.3 is 0 Å². The van der Waals surface area contributed by atoms with Gasteiger partial charge in [-0.15, -0.1) is 0 Å². The summed E-state index contributed by atoms with van der Waals surface area (Å²) >= 11 is 2.02. The van der Waals surface area contributed by atoms with Crippen LogP contribution in [0.25, 0.3) is 0 Å². The van der Waals surface area contributed by atoms with E-state index in [1.807, 2.05) is 11.8 Å². The van der Waals surface area contributed by atoms with Gasteiger partial charge in [0.1, 0.15) is 0 Å². The monoisotopic (exact) mass is 262 g/mol. The Balaban J connectivity index is 2.71. The number of thioether (sulfide) groups is 1. The second-order valence-electron chi connectivity index (χ2n) is 4.92. The number of hydrogen-bond acceptors (Lipinski definition) is 5. The van der Waals surface area contributed by atoms with Crippen molar-refractivity contribution in [2.24, 2.45) is 5.73 Å². The smallest absolute Gasteiger partial charge is 0.158 e. The van der Waals surface area contributed by atoms with Gasteiger partial charge in [0.25, 0.3) is 0 Å². The van der Waals surface area contributed by atoms with Gasteiger partial charge in [-0.25, -0.2) is 0 Å². The van der Waals surface area contributed by atoms with E-state index >= 15 is 0 Å². The number of hydrogen-bond donors (Lipinski definition) is 1. The fraction of sp³-hybridized carbons (Fsp3) is 1.00. The third-order valence-electron chi connectivity index (χ3n) is 3.63. The summed E-state index contributed by atoms with van der Waals surface area (Å²) in [5.41, 5.74) is 5.95.